The molecule has 0 unspecified atom stereocenters. The minimum atomic E-state index is -4.73. The van der Waals surface area contributed by atoms with Crippen molar-refractivity contribution in [2.75, 3.05) is 18.9 Å². The van der Waals surface area contributed by atoms with E-state index in [1.807, 2.05) is 11.9 Å². The number of carbonyl (C=O) groups excluding carboxylic acids is 1. The van der Waals surface area contributed by atoms with E-state index in [2.05, 4.69) is 15.0 Å². The van der Waals surface area contributed by atoms with Gasteiger partial charge in [-0.1, -0.05) is 11.3 Å². The van der Waals surface area contributed by atoms with E-state index in [9.17, 15) is 18.0 Å². The molecule has 1 aromatic carbocycles. The van der Waals surface area contributed by atoms with E-state index in [1.165, 1.54) is 18.2 Å². The number of alkyl halides is 3. The molecule has 1 atom stereocenters. The van der Waals surface area contributed by atoms with Crippen LogP contribution in [0.3, 0.4) is 0 Å². The molecular weight excluding hydrogens is 331 g/mol. The number of aromatic nitrogens is 1. The summed E-state index contributed by atoms with van der Waals surface area (Å²) in [5, 5.41) is 3.11. The topological polar surface area (TPSA) is 54.5 Å². The van der Waals surface area contributed by atoms with Crippen LogP contribution in [0, 0.1) is 0 Å². The summed E-state index contributed by atoms with van der Waals surface area (Å²) in [7, 11) is 1.89. The minimum Gasteiger partial charge on any atom is -0.406 e. The average Bonchev–Trinajstić information content (AvgIpc) is 3.01. The number of fused-ring (bicyclic) bond motifs is 1. The molecule has 9 heteroatoms. The van der Waals surface area contributed by atoms with Gasteiger partial charge < -0.3 is 10.1 Å². The number of rotatable bonds is 3. The van der Waals surface area contributed by atoms with Crippen molar-refractivity contribution >= 4 is 32.6 Å². The monoisotopic (exact) mass is 345 g/mol. The zero-order chi connectivity index (χ0) is 16.6. The summed E-state index contributed by atoms with van der Waals surface area (Å²) in [5.74, 6) is -0.446. The maximum Gasteiger partial charge on any atom is 0.573 e. The Morgan fingerprint density at radius 3 is 2.91 bits per heavy atom. The van der Waals surface area contributed by atoms with Gasteiger partial charge in [0.15, 0.2) is 5.13 Å². The van der Waals surface area contributed by atoms with Crippen molar-refractivity contribution in [3.05, 3.63) is 18.2 Å². The van der Waals surface area contributed by atoms with E-state index in [0.29, 0.717) is 15.3 Å². The standard InChI is InChI=1S/C14H14F3N3O2S/c1-20-6-2-3-10(20)12(21)19-13-18-9-5-4-8(7-11(9)23-13)22-14(15,16)17/h4-5,7,10H,2-3,6H2,1H3,(H,18,19,21)/t10-/m0/s1. The van der Waals surface area contributed by atoms with Crippen LogP contribution >= 0.6 is 11.3 Å². The highest BCUT2D eigenvalue weighted by molar-refractivity contribution is 7.22. The lowest BCUT2D eigenvalue weighted by molar-refractivity contribution is -0.274. The number of hydrogen-bond donors (Lipinski definition) is 1. The first-order valence-electron chi connectivity index (χ1n) is 6.99. The number of benzene rings is 1. The molecule has 1 saturated heterocycles. The van der Waals surface area contributed by atoms with E-state index in [4.69, 9.17) is 0 Å². The average molecular weight is 345 g/mol. The summed E-state index contributed by atoms with van der Waals surface area (Å²) < 4.78 is 41.1. The molecule has 0 radical (unpaired) electrons. The van der Waals surface area contributed by atoms with E-state index in [-0.39, 0.29) is 17.7 Å². The van der Waals surface area contributed by atoms with Gasteiger partial charge in [-0.05, 0) is 38.6 Å². The fourth-order valence-electron chi connectivity index (χ4n) is 2.59. The van der Waals surface area contributed by atoms with E-state index in [0.717, 1.165) is 30.7 Å². The first-order chi connectivity index (χ1) is 10.8. The Balaban J connectivity index is 1.76. The predicted molar refractivity (Wildman–Crippen MR) is 80.6 cm³/mol. The lowest BCUT2D eigenvalue weighted by atomic mass is 10.2. The van der Waals surface area contributed by atoms with Crippen LogP contribution in [-0.4, -0.2) is 41.8 Å². The van der Waals surface area contributed by atoms with Crippen LogP contribution in [0.4, 0.5) is 18.3 Å². The Labute approximate surface area is 134 Å². The third-order valence-corrected chi connectivity index (χ3v) is 4.58. The number of likely N-dealkylation sites (N-methyl/N-ethyl adjacent to an activating group) is 1. The summed E-state index contributed by atoms with van der Waals surface area (Å²) in [4.78, 5) is 18.4. The molecule has 124 valence electrons. The number of carbonyl (C=O) groups is 1. The quantitative estimate of drug-likeness (QED) is 0.928. The van der Waals surface area contributed by atoms with Crippen LogP contribution < -0.4 is 10.1 Å². The highest BCUT2D eigenvalue weighted by Gasteiger charge is 2.31. The zero-order valence-corrected chi connectivity index (χ0v) is 13.0. The molecule has 5 nitrogen and oxygen atoms in total. The molecule has 0 bridgehead atoms. The van der Waals surface area contributed by atoms with Crippen molar-refractivity contribution in [3.63, 3.8) is 0 Å². The molecule has 0 saturated carbocycles. The van der Waals surface area contributed by atoms with Crippen molar-refractivity contribution in [2.24, 2.45) is 0 Å². The second-order valence-electron chi connectivity index (χ2n) is 5.32. The van der Waals surface area contributed by atoms with Crippen molar-refractivity contribution in [2.45, 2.75) is 25.2 Å². The number of hydrogen-bond acceptors (Lipinski definition) is 5. The van der Waals surface area contributed by atoms with Crippen LogP contribution in [0.5, 0.6) is 5.75 Å². The Hall–Kier alpha value is -1.87. The second kappa shape index (κ2) is 5.97. The fourth-order valence-corrected chi connectivity index (χ4v) is 3.48. The van der Waals surface area contributed by atoms with Crippen molar-refractivity contribution in [1.29, 1.82) is 0 Å². The van der Waals surface area contributed by atoms with E-state index < -0.39 is 6.36 Å². The molecule has 2 aromatic rings. The van der Waals surface area contributed by atoms with Gasteiger partial charge in [0, 0.05) is 6.07 Å². The van der Waals surface area contributed by atoms with Crippen LogP contribution in [0.1, 0.15) is 12.8 Å². The maximum absolute atomic E-state index is 12.2. The van der Waals surface area contributed by atoms with Gasteiger partial charge in [-0.25, -0.2) is 4.98 Å². The van der Waals surface area contributed by atoms with Gasteiger partial charge >= 0.3 is 6.36 Å². The Morgan fingerprint density at radius 1 is 1.48 bits per heavy atom. The van der Waals surface area contributed by atoms with Gasteiger partial charge in [0.1, 0.15) is 5.75 Å². The molecule has 0 aliphatic carbocycles. The van der Waals surface area contributed by atoms with Gasteiger partial charge in [-0.15, -0.1) is 13.2 Å². The Bertz CT molecular complexity index is 732. The Morgan fingerprint density at radius 2 is 2.26 bits per heavy atom. The number of likely N-dealkylation sites (tertiary alicyclic amines) is 1. The lowest BCUT2D eigenvalue weighted by Crippen LogP contribution is -2.37. The second-order valence-corrected chi connectivity index (χ2v) is 6.35. The minimum absolute atomic E-state index is 0.143. The number of amides is 1. The number of nitrogens with zero attached hydrogens (tertiary/aromatic N) is 2. The van der Waals surface area contributed by atoms with E-state index in [1.54, 1.807) is 0 Å². The van der Waals surface area contributed by atoms with E-state index >= 15 is 0 Å². The van der Waals surface area contributed by atoms with Crippen molar-refractivity contribution in [1.82, 2.24) is 9.88 Å². The molecule has 1 fully saturated rings. The lowest BCUT2D eigenvalue weighted by Gasteiger charge is -2.17. The summed E-state index contributed by atoms with van der Waals surface area (Å²) in [6.07, 6.45) is -2.98. The molecule has 1 aromatic heterocycles. The SMILES string of the molecule is CN1CCC[C@H]1C(=O)Nc1nc2ccc(OC(F)(F)F)cc2s1. The highest BCUT2D eigenvalue weighted by Crippen LogP contribution is 2.32. The maximum atomic E-state index is 12.2. The first kappa shape index (κ1) is 16.0. The van der Waals surface area contributed by atoms with Crippen LogP contribution in [-0.2, 0) is 4.79 Å². The Kier molecular flexibility index (Phi) is 4.15. The summed E-state index contributed by atoms with van der Waals surface area (Å²) in [6, 6.07) is 3.71. The van der Waals surface area contributed by atoms with Crippen LogP contribution in [0.15, 0.2) is 18.2 Å². The van der Waals surface area contributed by atoms with Gasteiger partial charge in [0.25, 0.3) is 0 Å². The predicted octanol–water partition coefficient (Wildman–Crippen LogP) is 3.23. The summed E-state index contributed by atoms with van der Waals surface area (Å²) >= 11 is 1.12. The third kappa shape index (κ3) is 3.73. The smallest absolute Gasteiger partial charge is 0.406 e. The summed E-state index contributed by atoms with van der Waals surface area (Å²) in [6.45, 7) is 0.871. The van der Waals surface area contributed by atoms with Crippen LogP contribution in [0.2, 0.25) is 0 Å². The van der Waals surface area contributed by atoms with Crippen LogP contribution in [0.25, 0.3) is 10.2 Å². The highest BCUT2D eigenvalue weighted by atomic mass is 32.1. The van der Waals surface area contributed by atoms with Gasteiger partial charge in [0.2, 0.25) is 5.91 Å². The normalized spacial score (nSPS) is 19.2. The zero-order valence-electron chi connectivity index (χ0n) is 12.2. The molecule has 1 aliphatic heterocycles. The number of thiazole rings is 1. The molecule has 1 N–H and O–H groups in total. The molecule has 2 heterocycles. The number of anilines is 1. The van der Waals surface area contributed by atoms with Gasteiger partial charge in [0.05, 0.1) is 16.3 Å². The third-order valence-electron chi connectivity index (χ3n) is 3.65. The summed E-state index contributed by atoms with van der Waals surface area (Å²) in [5.41, 5.74) is 0.514. The molecule has 1 aliphatic rings. The fraction of sp³-hybridized carbons (Fsp3) is 0.429. The molecular formula is C14H14F3N3O2S. The molecule has 1 amide bonds. The number of ether oxygens (including phenoxy) is 1. The largest absolute Gasteiger partial charge is 0.573 e. The molecule has 3 rings (SSSR count). The number of halogens is 3. The first-order valence-corrected chi connectivity index (χ1v) is 7.81. The molecule has 23 heavy (non-hydrogen) atoms. The van der Waals surface area contributed by atoms with Gasteiger partial charge in [-0.3, -0.25) is 9.69 Å². The van der Waals surface area contributed by atoms with Crippen molar-refractivity contribution < 1.29 is 22.7 Å². The number of nitrogens with one attached hydrogen (secondary N) is 1. The van der Waals surface area contributed by atoms with Gasteiger partial charge in [-0.2, -0.15) is 0 Å². The van der Waals surface area contributed by atoms with Crippen molar-refractivity contribution in [3.8, 4) is 5.75 Å². The molecule has 0 spiro atoms.